The molecule has 2 aliphatic rings. The van der Waals surface area contributed by atoms with Gasteiger partial charge < -0.3 is 25.1 Å². The fourth-order valence-corrected chi connectivity index (χ4v) is 2.53. The van der Waals surface area contributed by atoms with E-state index in [4.69, 9.17) is 19.9 Å². The Morgan fingerprint density at radius 1 is 1.50 bits per heavy atom. The molecule has 1 aromatic heterocycles. The van der Waals surface area contributed by atoms with Gasteiger partial charge in [0.25, 0.3) is 5.91 Å². The number of hydrogen-bond acceptors (Lipinski definition) is 7. The summed E-state index contributed by atoms with van der Waals surface area (Å²) in [5.74, 6) is -1.59. The van der Waals surface area contributed by atoms with Crippen molar-refractivity contribution < 1.29 is 24.1 Å². The first kappa shape index (κ1) is 13.4. The first-order valence-corrected chi connectivity index (χ1v) is 6.24. The summed E-state index contributed by atoms with van der Waals surface area (Å²) < 4.78 is 18.5. The topological polar surface area (TPSA) is 122 Å². The molecular weight excluding hydrogens is 268 g/mol. The Hall–Kier alpha value is -1.55. The van der Waals surface area contributed by atoms with Gasteiger partial charge in [-0.25, -0.2) is 9.67 Å². The van der Waals surface area contributed by atoms with Gasteiger partial charge >= 0.3 is 0 Å². The molecule has 3 heterocycles. The first-order valence-electron chi connectivity index (χ1n) is 6.24. The Morgan fingerprint density at radius 2 is 2.20 bits per heavy atom. The van der Waals surface area contributed by atoms with E-state index in [2.05, 4.69) is 10.1 Å². The predicted molar refractivity (Wildman–Crippen MR) is 63.4 cm³/mol. The molecule has 2 fully saturated rings. The van der Waals surface area contributed by atoms with Crippen LogP contribution in [0.4, 0.5) is 0 Å². The highest BCUT2D eigenvalue weighted by Crippen LogP contribution is 2.42. The molecule has 4 atom stereocenters. The number of carbonyl (C=O) groups is 1. The van der Waals surface area contributed by atoms with Crippen LogP contribution in [0.5, 0.6) is 0 Å². The number of ether oxygens (including phenoxy) is 3. The molecule has 0 saturated carbocycles. The van der Waals surface area contributed by atoms with Gasteiger partial charge in [0.1, 0.15) is 24.6 Å². The molecule has 3 rings (SSSR count). The average molecular weight is 284 g/mol. The Kier molecular flexibility index (Phi) is 3.01. The normalized spacial score (nSPS) is 35.1. The summed E-state index contributed by atoms with van der Waals surface area (Å²) in [6, 6.07) is 0. The second kappa shape index (κ2) is 4.48. The van der Waals surface area contributed by atoms with Crippen molar-refractivity contribution in [2.75, 3.05) is 6.61 Å². The third kappa shape index (κ3) is 2.08. The third-order valence-electron chi connectivity index (χ3n) is 3.29. The Morgan fingerprint density at radius 3 is 2.80 bits per heavy atom. The fourth-order valence-electron chi connectivity index (χ4n) is 2.53. The van der Waals surface area contributed by atoms with E-state index in [-0.39, 0.29) is 12.4 Å². The van der Waals surface area contributed by atoms with E-state index in [0.717, 1.165) is 0 Å². The largest absolute Gasteiger partial charge is 0.394 e. The number of aromatic nitrogens is 3. The van der Waals surface area contributed by atoms with Gasteiger partial charge in [0.05, 0.1) is 6.61 Å². The van der Waals surface area contributed by atoms with E-state index in [1.165, 1.54) is 11.0 Å². The summed E-state index contributed by atoms with van der Waals surface area (Å²) in [7, 11) is 0. The van der Waals surface area contributed by atoms with Crippen molar-refractivity contribution in [3.63, 3.8) is 0 Å². The molecule has 0 radical (unpaired) electrons. The molecule has 0 bridgehead atoms. The third-order valence-corrected chi connectivity index (χ3v) is 3.29. The zero-order chi connectivity index (χ0) is 14.5. The van der Waals surface area contributed by atoms with E-state index in [9.17, 15) is 9.90 Å². The number of rotatable bonds is 3. The van der Waals surface area contributed by atoms with Crippen molar-refractivity contribution in [2.45, 2.75) is 44.2 Å². The summed E-state index contributed by atoms with van der Waals surface area (Å²) >= 11 is 0. The lowest BCUT2D eigenvalue weighted by molar-refractivity contribution is -0.201. The Bertz CT molecular complexity index is 531. The molecule has 9 heteroatoms. The molecule has 1 aromatic rings. The summed E-state index contributed by atoms with van der Waals surface area (Å²) in [5, 5.41) is 13.3. The highest BCUT2D eigenvalue weighted by atomic mass is 16.8. The molecule has 9 nitrogen and oxygen atoms in total. The van der Waals surface area contributed by atoms with Crippen LogP contribution in [-0.2, 0) is 14.2 Å². The molecule has 0 spiro atoms. The molecule has 110 valence electrons. The summed E-state index contributed by atoms with van der Waals surface area (Å²) in [4.78, 5) is 14.8. The number of aliphatic hydroxyl groups is 1. The van der Waals surface area contributed by atoms with Gasteiger partial charge in [-0.3, -0.25) is 4.79 Å². The highest BCUT2D eigenvalue weighted by molar-refractivity contribution is 5.88. The zero-order valence-electron chi connectivity index (χ0n) is 11.1. The summed E-state index contributed by atoms with van der Waals surface area (Å²) in [6.07, 6.45) is -0.644. The van der Waals surface area contributed by atoms with E-state index < -0.39 is 36.2 Å². The predicted octanol–water partition coefficient (Wildman–Crippen LogP) is -1.21. The maximum absolute atomic E-state index is 11.0. The van der Waals surface area contributed by atoms with Crippen LogP contribution in [0.15, 0.2) is 6.33 Å². The molecule has 3 N–H and O–H groups in total. The smallest absolute Gasteiger partial charge is 0.288 e. The van der Waals surface area contributed by atoms with Crippen LogP contribution in [0.3, 0.4) is 0 Å². The molecular formula is C11H16N4O5. The minimum atomic E-state index is -0.766. The van der Waals surface area contributed by atoms with Crippen LogP contribution in [-0.4, -0.2) is 56.5 Å². The molecule has 2 aliphatic heterocycles. The van der Waals surface area contributed by atoms with Crippen molar-refractivity contribution in [2.24, 2.45) is 5.73 Å². The lowest BCUT2D eigenvalue weighted by atomic mass is 10.1. The Labute approximate surface area is 114 Å². The van der Waals surface area contributed by atoms with Crippen LogP contribution in [0.1, 0.15) is 30.7 Å². The molecule has 0 aliphatic carbocycles. The van der Waals surface area contributed by atoms with Crippen LogP contribution >= 0.6 is 0 Å². The van der Waals surface area contributed by atoms with Gasteiger partial charge in [-0.05, 0) is 13.8 Å². The molecule has 2 unspecified atom stereocenters. The van der Waals surface area contributed by atoms with Crippen molar-refractivity contribution in [3.8, 4) is 0 Å². The van der Waals surface area contributed by atoms with Gasteiger partial charge in [0.15, 0.2) is 12.0 Å². The zero-order valence-corrected chi connectivity index (χ0v) is 11.1. The number of nitrogens with zero attached hydrogens (tertiary/aromatic N) is 3. The van der Waals surface area contributed by atoms with Crippen LogP contribution in [0, 0.1) is 0 Å². The maximum Gasteiger partial charge on any atom is 0.288 e. The monoisotopic (exact) mass is 284 g/mol. The molecule has 20 heavy (non-hydrogen) atoms. The quantitative estimate of drug-likeness (QED) is 0.713. The van der Waals surface area contributed by atoms with Gasteiger partial charge in [-0.1, -0.05) is 0 Å². The molecule has 1 amide bonds. The minimum absolute atomic E-state index is 0.101. The van der Waals surface area contributed by atoms with E-state index >= 15 is 0 Å². The van der Waals surface area contributed by atoms with Gasteiger partial charge in [0.2, 0.25) is 5.82 Å². The molecule has 2 saturated heterocycles. The van der Waals surface area contributed by atoms with Crippen LogP contribution in [0.25, 0.3) is 0 Å². The number of amides is 1. The number of nitrogens with two attached hydrogens (primary N) is 1. The van der Waals surface area contributed by atoms with Crippen LogP contribution < -0.4 is 5.73 Å². The maximum atomic E-state index is 11.0. The Balaban J connectivity index is 1.87. The van der Waals surface area contributed by atoms with Crippen LogP contribution in [0.2, 0.25) is 0 Å². The van der Waals surface area contributed by atoms with Crippen molar-refractivity contribution >= 4 is 5.91 Å². The number of hydrogen-bond donors (Lipinski definition) is 2. The lowest BCUT2D eigenvalue weighted by Crippen LogP contribution is -2.31. The second-order valence-electron chi connectivity index (χ2n) is 5.22. The van der Waals surface area contributed by atoms with Crippen molar-refractivity contribution in [1.82, 2.24) is 14.8 Å². The summed E-state index contributed by atoms with van der Waals surface area (Å²) in [6.45, 7) is 3.37. The number of primary amides is 1. The van der Waals surface area contributed by atoms with E-state index in [0.29, 0.717) is 0 Å². The number of fused-ring (bicyclic) bond motifs is 1. The van der Waals surface area contributed by atoms with Crippen molar-refractivity contribution in [3.05, 3.63) is 12.2 Å². The number of aliphatic hydroxyl groups excluding tert-OH is 1. The average Bonchev–Trinajstić information content (AvgIpc) is 3.01. The number of carbonyl (C=O) groups excluding carboxylic acids is 1. The van der Waals surface area contributed by atoms with E-state index in [1.54, 1.807) is 13.8 Å². The second-order valence-corrected chi connectivity index (χ2v) is 5.22. The van der Waals surface area contributed by atoms with Gasteiger partial charge in [0, 0.05) is 0 Å². The van der Waals surface area contributed by atoms with Gasteiger partial charge in [-0.15, -0.1) is 5.10 Å². The first-order chi connectivity index (χ1) is 9.41. The fraction of sp³-hybridized carbons (Fsp3) is 0.727. The highest BCUT2D eigenvalue weighted by Gasteiger charge is 2.56. The standard InChI is InChI=1S/C11H16N4O5/c1-11(2)19-6-5(3-16)18-10(7(6)20-11)15-4-13-9(14-15)8(12)17/h4-7,10,16H,3H2,1-2H3,(H2,12,17)/t5-,6?,7?,10+/m1/s1. The van der Waals surface area contributed by atoms with E-state index in [1.807, 2.05) is 0 Å². The minimum Gasteiger partial charge on any atom is -0.394 e. The lowest BCUT2D eigenvalue weighted by Gasteiger charge is -2.23. The van der Waals surface area contributed by atoms with Gasteiger partial charge in [-0.2, -0.15) is 0 Å². The molecule has 0 aromatic carbocycles. The van der Waals surface area contributed by atoms with Crippen molar-refractivity contribution in [1.29, 1.82) is 0 Å². The SMILES string of the molecule is CC1(C)OC2C(O1)[C@@H](n1cnc(C(N)=O)n1)O[C@@H]2CO. The summed E-state index contributed by atoms with van der Waals surface area (Å²) in [5.41, 5.74) is 5.12.